The third kappa shape index (κ3) is 2.61. The summed E-state index contributed by atoms with van der Waals surface area (Å²) in [6.45, 7) is 0. The number of carbonyl (C=O) groups excluding carboxylic acids is 1. The highest BCUT2D eigenvalue weighted by Gasteiger charge is 2.30. The molecule has 3 aromatic rings. The van der Waals surface area contributed by atoms with Gasteiger partial charge in [-0.3, -0.25) is 4.79 Å². The molecule has 6 nitrogen and oxygen atoms in total. The standard InChI is InChI=1S/C17H17N3O3/c21-15(10-3-1-4-10)17(22)18-11-6-7-12-13(9-11)20-16(19-12)14-5-2-8-23-14/h2,5-10,15,21H,1,3-4H2,(H,18,22)(H,19,20). The maximum Gasteiger partial charge on any atom is 0.253 e. The van der Waals surface area contributed by atoms with E-state index in [1.165, 1.54) is 0 Å². The van der Waals surface area contributed by atoms with Gasteiger partial charge in [0.25, 0.3) is 5.91 Å². The van der Waals surface area contributed by atoms with Crippen LogP contribution in [-0.4, -0.2) is 27.1 Å². The molecule has 1 aliphatic rings. The molecule has 1 atom stereocenters. The molecule has 2 heterocycles. The number of H-pyrrole nitrogens is 1. The van der Waals surface area contributed by atoms with Crippen LogP contribution in [0.4, 0.5) is 5.69 Å². The van der Waals surface area contributed by atoms with Gasteiger partial charge in [-0.05, 0) is 49.1 Å². The fourth-order valence-corrected chi connectivity index (χ4v) is 2.80. The number of nitrogens with zero attached hydrogens (tertiary/aromatic N) is 1. The van der Waals surface area contributed by atoms with E-state index < -0.39 is 6.10 Å². The number of benzene rings is 1. The molecule has 118 valence electrons. The van der Waals surface area contributed by atoms with Crippen LogP contribution in [0.5, 0.6) is 0 Å². The number of furan rings is 1. The van der Waals surface area contributed by atoms with Crippen LogP contribution in [0.3, 0.4) is 0 Å². The van der Waals surface area contributed by atoms with E-state index in [0.29, 0.717) is 17.3 Å². The molecule has 4 rings (SSSR count). The molecular weight excluding hydrogens is 294 g/mol. The van der Waals surface area contributed by atoms with Gasteiger partial charge >= 0.3 is 0 Å². The fraction of sp³-hybridized carbons (Fsp3) is 0.294. The molecule has 0 radical (unpaired) electrons. The van der Waals surface area contributed by atoms with E-state index in [9.17, 15) is 9.90 Å². The zero-order chi connectivity index (χ0) is 15.8. The van der Waals surface area contributed by atoms with Crippen LogP contribution in [0.25, 0.3) is 22.6 Å². The van der Waals surface area contributed by atoms with Gasteiger partial charge in [0.05, 0.1) is 17.3 Å². The van der Waals surface area contributed by atoms with Crippen LogP contribution in [0.2, 0.25) is 0 Å². The molecule has 0 saturated heterocycles. The summed E-state index contributed by atoms with van der Waals surface area (Å²) in [5, 5.41) is 12.8. The Labute approximate surface area is 132 Å². The van der Waals surface area contributed by atoms with Gasteiger partial charge in [-0.2, -0.15) is 0 Å². The third-order valence-corrected chi connectivity index (χ3v) is 4.37. The lowest BCUT2D eigenvalue weighted by atomic mass is 9.81. The lowest BCUT2D eigenvalue weighted by Gasteiger charge is -2.29. The van der Waals surface area contributed by atoms with E-state index in [2.05, 4.69) is 15.3 Å². The van der Waals surface area contributed by atoms with Crippen molar-refractivity contribution in [3.05, 3.63) is 36.6 Å². The highest BCUT2D eigenvalue weighted by atomic mass is 16.3. The molecular formula is C17H17N3O3. The molecule has 6 heteroatoms. The average molecular weight is 311 g/mol. The van der Waals surface area contributed by atoms with E-state index in [4.69, 9.17) is 4.42 Å². The first-order valence-electron chi connectivity index (χ1n) is 7.73. The van der Waals surface area contributed by atoms with Gasteiger partial charge in [0.15, 0.2) is 11.6 Å². The Morgan fingerprint density at radius 1 is 1.39 bits per heavy atom. The average Bonchev–Trinajstić information content (AvgIpc) is 3.13. The smallest absolute Gasteiger partial charge is 0.253 e. The van der Waals surface area contributed by atoms with Crippen molar-refractivity contribution in [3.63, 3.8) is 0 Å². The van der Waals surface area contributed by atoms with Crippen molar-refractivity contribution in [2.75, 3.05) is 5.32 Å². The van der Waals surface area contributed by atoms with Crippen molar-refractivity contribution in [1.82, 2.24) is 9.97 Å². The lowest BCUT2D eigenvalue weighted by molar-refractivity contribution is -0.128. The second-order valence-electron chi connectivity index (χ2n) is 5.92. The number of imidazole rings is 1. The minimum atomic E-state index is -0.931. The first-order chi connectivity index (χ1) is 11.2. The molecule has 0 spiro atoms. The fourth-order valence-electron chi connectivity index (χ4n) is 2.80. The Kier molecular flexibility index (Phi) is 3.38. The van der Waals surface area contributed by atoms with Crippen LogP contribution in [0.1, 0.15) is 19.3 Å². The number of carbonyl (C=O) groups is 1. The summed E-state index contributed by atoms with van der Waals surface area (Å²) in [4.78, 5) is 19.7. The summed E-state index contributed by atoms with van der Waals surface area (Å²) < 4.78 is 5.32. The number of nitrogens with one attached hydrogen (secondary N) is 2. The van der Waals surface area contributed by atoms with Crippen molar-refractivity contribution in [2.45, 2.75) is 25.4 Å². The van der Waals surface area contributed by atoms with Gasteiger partial charge in [0.2, 0.25) is 0 Å². The number of fused-ring (bicyclic) bond motifs is 1. The van der Waals surface area contributed by atoms with Crippen LogP contribution in [-0.2, 0) is 4.79 Å². The first kappa shape index (κ1) is 14.0. The topological polar surface area (TPSA) is 91.2 Å². The summed E-state index contributed by atoms with van der Waals surface area (Å²) in [6, 6.07) is 9.04. The minimum Gasteiger partial charge on any atom is -0.461 e. The molecule has 1 aliphatic carbocycles. The first-order valence-corrected chi connectivity index (χ1v) is 7.73. The van der Waals surface area contributed by atoms with Gasteiger partial charge in [0, 0.05) is 5.69 Å². The van der Waals surface area contributed by atoms with Gasteiger partial charge in [-0.1, -0.05) is 6.42 Å². The number of rotatable bonds is 4. The maximum atomic E-state index is 12.1. The van der Waals surface area contributed by atoms with E-state index in [1.54, 1.807) is 24.5 Å². The minimum absolute atomic E-state index is 0.0939. The summed E-state index contributed by atoms with van der Waals surface area (Å²) in [6.07, 6.45) is 3.59. The van der Waals surface area contributed by atoms with Crippen LogP contribution >= 0.6 is 0 Å². The number of aliphatic hydroxyl groups excluding tert-OH is 1. The Morgan fingerprint density at radius 3 is 2.96 bits per heavy atom. The second kappa shape index (κ2) is 5.55. The van der Waals surface area contributed by atoms with Crippen molar-refractivity contribution in [1.29, 1.82) is 0 Å². The summed E-state index contributed by atoms with van der Waals surface area (Å²) in [7, 11) is 0. The Hall–Kier alpha value is -2.60. The van der Waals surface area contributed by atoms with E-state index in [-0.39, 0.29) is 11.8 Å². The van der Waals surface area contributed by atoms with E-state index in [1.807, 2.05) is 12.1 Å². The highest BCUT2D eigenvalue weighted by molar-refractivity contribution is 5.96. The summed E-state index contributed by atoms with van der Waals surface area (Å²) >= 11 is 0. The molecule has 1 amide bonds. The monoisotopic (exact) mass is 311 g/mol. The van der Waals surface area contributed by atoms with Gasteiger partial charge < -0.3 is 19.8 Å². The van der Waals surface area contributed by atoms with Gasteiger partial charge in [-0.25, -0.2) is 4.98 Å². The van der Waals surface area contributed by atoms with Crippen molar-refractivity contribution in [3.8, 4) is 11.6 Å². The lowest BCUT2D eigenvalue weighted by Crippen LogP contribution is -2.37. The zero-order valence-electron chi connectivity index (χ0n) is 12.5. The Morgan fingerprint density at radius 2 is 2.26 bits per heavy atom. The quantitative estimate of drug-likeness (QED) is 0.691. The molecule has 1 aromatic carbocycles. The van der Waals surface area contributed by atoms with Crippen LogP contribution in [0, 0.1) is 5.92 Å². The second-order valence-corrected chi connectivity index (χ2v) is 5.92. The van der Waals surface area contributed by atoms with Gasteiger partial charge in [-0.15, -0.1) is 0 Å². The zero-order valence-corrected chi connectivity index (χ0v) is 12.5. The SMILES string of the molecule is O=C(Nc1ccc2nc(-c3ccco3)[nH]c2c1)C(O)C1CCC1. The van der Waals surface area contributed by atoms with Crippen LogP contribution < -0.4 is 5.32 Å². The predicted molar refractivity (Wildman–Crippen MR) is 85.8 cm³/mol. The van der Waals surface area contributed by atoms with Crippen LogP contribution in [0.15, 0.2) is 41.0 Å². The summed E-state index contributed by atoms with van der Waals surface area (Å²) in [5.41, 5.74) is 2.22. The van der Waals surface area contributed by atoms with Crippen molar-refractivity contribution < 1.29 is 14.3 Å². The number of aromatic amines is 1. The highest BCUT2D eigenvalue weighted by Crippen LogP contribution is 2.30. The summed E-state index contributed by atoms with van der Waals surface area (Å²) in [5.74, 6) is 1.05. The molecule has 2 aromatic heterocycles. The molecule has 3 N–H and O–H groups in total. The number of amides is 1. The largest absolute Gasteiger partial charge is 0.461 e. The number of hydrogen-bond acceptors (Lipinski definition) is 4. The van der Waals surface area contributed by atoms with Crippen molar-refractivity contribution in [2.24, 2.45) is 5.92 Å². The van der Waals surface area contributed by atoms with E-state index in [0.717, 1.165) is 30.3 Å². The van der Waals surface area contributed by atoms with Gasteiger partial charge in [0.1, 0.15) is 6.10 Å². The third-order valence-electron chi connectivity index (χ3n) is 4.37. The molecule has 1 saturated carbocycles. The maximum absolute atomic E-state index is 12.1. The normalized spacial score (nSPS) is 16.2. The number of aliphatic hydroxyl groups is 1. The molecule has 0 aliphatic heterocycles. The van der Waals surface area contributed by atoms with Crippen molar-refractivity contribution >= 4 is 22.6 Å². The Balaban J connectivity index is 1.55. The molecule has 0 bridgehead atoms. The number of hydrogen-bond donors (Lipinski definition) is 3. The molecule has 1 unspecified atom stereocenters. The molecule has 1 fully saturated rings. The predicted octanol–water partition coefficient (Wildman–Crippen LogP) is 2.92. The number of aromatic nitrogens is 2. The Bertz CT molecular complexity index is 834. The van der Waals surface area contributed by atoms with E-state index >= 15 is 0 Å². The number of anilines is 1. The molecule has 23 heavy (non-hydrogen) atoms.